The second kappa shape index (κ2) is 5.72. The fourth-order valence-electron chi connectivity index (χ4n) is 0.986. The predicted molar refractivity (Wildman–Crippen MR) is 56.0 cm³/mol. The summed E-state index contributed by atoms with van der Waals surface area (Å²) in [5, 5.41) is 8.62. The molecule has 15 heavy (non-hydrogen) atoms. The van der Waals surface area contributed by atoms with Crippen LogP contribution in [-0.4, -0.2) is 30.5 Å². The standard InChI is InChI=1S/C10H11FO3S/c1-14-4-5-15-9-3-2-7(10(12)13)6-8(9)11/h2-3,6H,4-5H2,1H3,(H,12,13). The summed E-state index contributed by atoms with van der Waals surface area (Å²) in [6.45, 7) is 0.533. The molecule has 0 amide bonds. The molecule has 0 unspecified atom stereocenters. The van der Waals surface area contributed by atoms with Gasteiger partial charge in [0.2, 0.25) is 0 Å². The minimum atomic E-state index is -1.12. The van der Waals surface area contributed by atoms with Gasteiger partial charge in [0.1, 0.15) is 5.82 Å². The molecule has 3 nitrogen and oxygen atoms in total. The van der Waals surface area contributed by atoms with E-state index in [0.29, 0.717) is 17.3 Å². The third-order valence-electron chi connectivity index (χ3n) is 1.72. The molecule has 0 aliphatic rings. The van der Waals surface area contributed by atoms with E-state index < -0.39 is 11.8 Å². The molecule has 0 bridgehead atoms. The Bertz CT molecular complexity index is 355. The number of ether oxygens (including phenoxy) is 1. The molecular formula is C10H11FO3S. The van der Waals surface area contributed by atoms with Crippen molar-refractivity contribution < 1.29 is 19.0 Å². The lowest BCUT2D eigenvalue weighted by Crippen LogP contribution is -1.98. The van der Waals surface area contributed by atoms with Crippen LogP contribution in [0.2, 0.25) is 0 Å². The van der Waals surface area contributed by atoms with E-state index in [1.54, 1.807) is 7.11 Å². The van der Waals surface area contributed by atoms with Gasteiger partial charge in [-0.25, -0.2) is 9.18 Å². The number of benzene rings is 1. The Morgan fingerprint density at radius 1 is 1.60 bits per heavy atom. The number of thioether (sulfide) groups is 1. The summed E-state index contributed by atoms with van der Waals surface area (Å²) in [7, 11) is 1.57. The molecule has 1 aromatic rings. The van der Waals surface area contributed by atoms with E-state index in [0.717, 1.165) is 6.07 Å². The Labute approximate surface area is 91.2 Å². The number of rotatable bonds is 5. The van der Waals surface area contributed by atoms with Crippen LogP contribution in [0.4, 0.5) is 4.39 Å². The van der Waals surface area contributed by atoms with Crippen molar-refractivity contribution in [2.24, 2.45) is 0 Å². The second-order valence-electron chi connectivity index (χ2n) is 2.79. The zero-order valence-electron chi connectivity index (χ0n) is 8.20. The zero-order valence-corrected chi connectivity index (χ0v) is 9.01. The van der Waals surface area contributed by atoms with Gasteiger partial charge in [-0.3, -0.25) is 0 Å². The number of carboxylic acids is 1. The molecule has 0 aliphatic carbocycles. The Morgan fingerprint density at radius 2 is 2.33 bits per heavy atom. The molecule has 0 spiro atoms. The molecule has 0 saturated heterocycles. The Balaban J connectivity index is 2.70. The number of carboxylic acid groups (broad SMARTS) is 1. The predicted octanol–water partition coefficient (Wildman–Crippen LogP) is 2.26. The first-order valence-electron chi connectivity index (χ1n) is 4.29. The van der Waals surface area contributed by atoms with Crippen LogP contribution in [0.15, 0.2) is 23.1 Å². The first-order valence-corrected chi connectivity index (χ1v) is 5.28. The highest BCUT2D eigenvalue weighted by Gasteiger charge is 2.08. The average molecular weight is 230 g/mol. The van der Waals surface area contributed by atoms with Crippen molar-refractivity contribution in [2.75, 3.05) is 19.5 Å². The molecule has 1 N–H and O–H groups in total. The summed E-state index contributed by atoms with van der Waals surface area (Å²) in [6.07, 6.45) is 0. The van der Waals surface area contributed by atoms with Gasteiger partial charge in [-0.2, -0.15) is 0 Å². The highest BCUT2D eigenvalue weighted by atomic mass is 32.2. The third-order valence-corrected chi connectivity index (χ3v) is 2.74. The summed E-state index contributed by atoms with van der Waals surface area (Å²) in [5.41, 5.74) is -0.0383. The first-order chi connectivity index (χ1) is 7.15. The maximum Gasteiger partial charge on any atom is 0.335 e. The lowest BCUT2D eigenvalue weighted by atomic mass is 10.2. The Kier molecular flexibility index (Phi) is 4.58. The minimum Gasteiger partial charge on any atom is -0.478 e. The van der Waals surface area contributed by atoms with E-state index in [-0.39, 0.29) is 5.56 Å². The van der Waals surface area contributed by atoms with E-state index >= 15 is 0 Å². The molecule has 0 heterocycles. The maximum atomic E-state index is 13.3. The van der Waals surface area contributed by atoms with Crippen LogP contribution in [0.5, 0.6) is 0 Å². The van der Waals surface area contributed by atoms with E-state index in [4.69, 9.17) is 9.84 Å². The zero-order chi connectivity index (χ0) is 11.3. The fraction of sp³-hybridized carbons (Fsp3) is 0.300. The van der Waals surface area contributed by atoms with Gasteiger partial charge in [0.05, 0.1) is 12.2 Å². The monoisotopic (exact) mass is 230 g/mol. The van der Waals surface area contributed by atoms with Crippen LogP contribution in [0, 0.1) is 5.82 Å². The average Bonchev–Trinajstić information content (AvgIpc) is 2.20. The van der Waals surface area contributed by atoms with Crippen molar-refractivity contribution in [3.05, 3.63) is 29.6 Å². The van der Waals surface area contributed by atoms with Gasteiger partial charge >= 0.3 is 5.97 Å². The third kappa shape index (κ3) is 3.53. The van der Waals surface area contributed by atoms with Crippen molar-refractivity contribution in [3.8, 4) is 0 Å². The lowest BCUT2D eigenvalue weighted by Gasteiger charge is -2.03. The summed E-state index contributed by atoms with van der Waals surface area (Å²) in [6, 6.07) is 3.89. The Morgan fingerprint density at radius 3 is 2.87 bits per heavy atom. The maximum absolute atomic E-state index is 13.3. The van der Waals surface area contributed by atoms with Gasteiger partial charge in [-0.05, 0) is 18.2 Å². The Hall–Kier alpha value is -1.07. The van der Waals surface area contributed by atoms with Gasteiger partial charge in [0.15, 0.2) is 0 Å². The summed E-state index contributed by atoms with van der Waals surface area (Å²) in [5.74, 6) is -0.988. The van der Waals surface area contributed by atoms with Crippen molar-refractivity contribution in [1.82, 2.24) is 0 Å². The minimum absolute atomic E-state index is 0.0383. The summed E-state index contributed by atoms with van der Waals surface area (Å²) < 4.78 is 18.1. The topological polar surface area (TPSA) is 46.5 Å². The molecule has 0 atom stereocenters. The van der Waals surface area contributed by atoms with Crippen molar-refractivity contribution in [3.63, 3.8) is 0 Å². The number of aromatic carboxylic acids is 1. The van der Waals surface area contributed by atoms with E-state index in [1.807, 2.05) is 0 Å². The molecule has 0 aromatic heterocycles. The number of methoxy groups -OCH3 is 1. The highest BCUT2D eigenvalue weighted by Crippen LogP contribution is 2.22. The normalized spacial score (nSPS) is 10.3. The van der Waals surface area contributed by atoms with E-state index in [1.165, 1.54) is 23.9 Å². The molecule has 82 valence electrons. The molecule has 0 saturated carbocycles. The largest absolute Gasteiger partial charge is 0.478 e. The quantitative estimate of drug-likeness (QED) is 0.622. The van der Waals surface area contributed by atoms with Gasteiger partial charge < -0.3 is 9.84 Å². The first kappa shape index (κ1) is 12.0. The van der Waals surface area contributed by atoms with Gasteiger partial charge in [0.25, 0.3) is 0 Å². The number of hydrogen-bond acceptors (Lipinski definition) is 3. The van der Waals surface area contributed by atoms with E-state index in [2.05, 4.69) is 0 Å². The van der Waals surface area contributed by atoms with Crippen LogP contribution >= 0.6 is 11.8 Å². The SMILES string of the molecule is COCCSc1ccc(C(=O)O)cc1F. The van der Waals surface area contributed by atoms with Gasteiger partial charge in [-0.1, -0.05) is 0 Å². The van der Waals surface area contributed by atoms with Crippen LogP contribution in [0.1, 0.15) is 10.4 Å². The second-order valence-corrected chi connectivity index (χ2v) is 3.93. The summed E-state index contributed by atoms with van der Waals surface area (Å²) in [4.78, 5) is 11.0. The molecule has 1 rings (SSSR count). The molecule has 0 aliphatic heterocycles. The fourth-order valence-corrected chi connectivity index (χ4v) is 1.82. The van der Waals surface area contributed by atoms with E-state index in [9.17, 15) is 9.18 Å². The molecule has 0 radical (unpaired) electrons. The van der Waals surface area contributed by atoms with Crippen LogP contribution in [0.25, 0.3) is 0 Å². The molecule has 0 fully saturated rings. The van der Waals surface area contributed by atoms with Gasteiger partial charge in [-0.15, -0.1) is 11.8 Å². The molecule has 5 heteroatoms. The number of halogens is 1. The smallest absolute Gasteiger partial charge is 0.335 e. The van der Waals surface area contributed by atoms with Crippen LogP contribution in [-0.2, 0) is 4.74 Å². The van der Waals surface area contributed by atoms with Crippen molar-refractivity contribution in [2.45, 2.75) is 4.90 Å². The van der Waals surface area contributed by atoms with Crippen molar-refractivity contribution in [1.29, 1.82) is 0 Å². The van der Waals surface area contributed by atoms with Gasteiger partial charge in [0, 0.05) is 17.8 Å². The van der Waals surface area contributed by atoms with Crippen LogP contribution in [0.3, 0.4) is 0 Å². The van der Waals surface area contributed by atoms with Crippen molar-refractivity contribution >= 4 is 17.7 Å². The number of hydrogen-bond donors (Lipinski definition) is 1. The highest BCUT2D eigenvalue weighted by molar-refractivity contribution is 7.99. The number of carbonyl (C=O) groups is 1. The molecule has 1 aromatic carbocycles. The lowest BCUT2D eigenvalue weighted by molar-refractivity contribution is 0.0696. The van der Waals surface area contributed by atoms with Crippen LogP contribution < -0.4 is 0 Å². The molecular weight excluding hydrogens is 219 g/mol. The summed E-state index contributed by atoms with van der Waals surface area (Å²) >= 11 is 1.30.